The third-order valence-corrected chi connectivity index (χ3v) is 6.82. The Morgan fingerprint density at radius 2 is 1.56 bits per heavy atom. The second-order valence-corrected chi connectivity index (χ2v) is 10.5. The van der Waals surface area contributed by atoms with Crippen molar-refractivity contribution in [1.29, 1.82) is 0 Å². The molecule has 0 bridgehead atoms. The molecule has 0 unspecified atom stereocenters. The summed E-state index contributed by atoms with van der Waals surface area (Å²) in [7, 11) is 0.671. The first-order chi connectivity index (χ1) is 14.7. The Morgan fingerprint density at radius 1 is 1.00 bits per heavy atom. The number of ether oxygens (including phenoxy) is 1. The molecule has 2 saturated heterocycles. The zero-order chi connectivity index (χ0) is 24.4. The molecule has 2 fully saturated rings. The van der Waals surface area contributed by atoms with Crippen LogP contribution in [0.4, 0.5) is 4.79 Å². The van der Waals surface area contributed by atoms with Gasteiger partial charge in [-0.3, -0.25) is 9.59 Å². The molecule has 10 heteroatoms. The largest absolute Gasteiger partial charge is 0.482 e. The average molecular weight is 453 g/mol. The smallest absolute Gasteiger partial charge is 0.453 e. The Hall–Kier alpha value is -1.81. The number of hydrogen-bond donors (Lipinski definition) is 2. The van der Waals surface area contributed by atoms with Crippen molar-refractivity contribution in [2.75, 3.05) is 13.7 Å². The number of nitrogens with one attached hydrogen (secondary N) is 2. The fraction of sp³-hybridized carbons (Fsp3) is 0.864. The molecule has 9 nitrogen and oxygen atoms in total. The van der Waals surface area contributed by atoms with Crippen LogP contribution in [0.15, 0.2) is 0 Å². The van der Waals surface area contributed by atoms with E-state index < -0.39 is 36.5 Å². The highest BCUT2D eigenvalue weighted by molar-refractivity contribution is 6.48. The molecule has 0 aromatic heterocycles. The normalized spacial score (nSPS) is 23.9. The summed E-state index contributed by atoms with van der Waals surface area (Å²) in [5, 5.41) is 5.69. The van der Waals surface area contributed by atoms with E-state index in [9.17, 15) is 14.4 Å². The van der Waals surface area contributed by atoms with E-state index in [1.807, 2.05) is 55.4 Å². The SMILES string of the molecule is COC(=O)N[C@H](C(=O)N1CCC[C@H]1C(=O)N[C@H](B1OC(C)(C)C(C)(C)O1)C(C)C)C(C)C. The first kappa shape index (κ1) is 26.4. The van der Waals surface area contributed by atoms with Crippen molar-refractivity contribution in [3.8, 4) is 0 Å². The number of amides is 3. The van der Waals surface area contributed by atoms with E-state index in [1.54, 1.807) is 4.90 Å². The maximum atomic E-state index is 13.3. The van der Waals surface area contributed by atoms with Crippen LogP contribution in [-0.2, 0) is 23.6 Å². The number of carbonyl (C=O) groups excluding carboxylic acids is 3. The quantitative estimate of drug-likeness (QED) is 0.572. The maximum absolute atomic E-state index is 13.3. The fourth-order valence-corrected chi connectivity index (χ4v) is 4.03. The van der Waals surface area contributed by atoms with Crippen molar-refractivity contribution in [3.63, 3.8) is 0 Å². The molecule has 2 aliphatic rings. The van der Waals surface area contributed by atoms with Crippen LogP contribution >= 0.6 is 0 Å². The van der Waals surface area contributed by atoms with Crippen molar-refractivity contribution in [2.24, 2.45) is 11.8 Å². The van der Waals surface area contributed by atoms with Gasteiger partial charge >= 0.3 is 13.2 Å². The lowest BCUT2D eigenvalue weighted by Crippen LogP contribution is -2.58. The zero-order valence-corrected chi connectivity index (χ0v) is 21.0. The summed E-state index contributed by atoms with van der Waals surface area (Å²) in [6.07, 6.45) is 0.614. The van der Waals surface area contributed by atoms with Gasteiger partial charge in [0, 0.05) is 6.54 Å². The van der Waals surface area contributed by atoms with E-state index in [2.05, 4.69) is 15.4 Å². The van der Waals surface area contributed by atoms with Crippen LogP contribution in [0, 0.1) is 11.8 Å². The molecule has 3 atom stereocenters. The van der Waals surface area contributed by atoms with Gasteiger partial charge in [0.25, 0.3) is 0 Å². The topological polar surface area (TPSA) is 106 Å². The minimum atomic E-state index is -0.764. The Labute approximate surface area is 192 Å². The summed E-state index contributed by atoms with van der Waals surface area (Å²) in [4.78, 5) is 39.8. The Bertz CT molecular complexity index is 696. The lowest BCUT2D eigenvalue weighted by molar-refractivity contribution is -0.141. The van der Waals surface area contributed by atoms with Crippen LogP contribution in [0.25, 0.3) is 0 Å². The van der Waals surface area contributed by atoms with Gasteiger partial charge in [-0.05, 0) is 52.4 Å². The molecule has 0 spiro atoms. The molecule has 0 aliphatic carbocycles. The highest BCUT2D eigenvalue weighted by Crippen LogP contribution is 2.38. The predicted molar refractivity (Wildman–Crippen MR) is 122 cm³/mol. The van der Waals surface area contributed by atoms with E-state index in [1.165, 1.54) is 7.11 Å². The Kier molecular flexibility index (Phi) is 8.26. The van der Waals surface area contributed by atoms with E-state index in [0.717, 1.165) is 6.42 Å². The standard InChI is InChI=1S/C22H40BN3O6/c1-13(2)16(24-20(29)30-9)19(28)26-12-10-11-15(26)18(27)25-17(14(3)4)23-31-21(5,6)22(7,8)32-23/h13-17H,10-12H2,1-9H3,(H,24,29)(H,25,27)/t15-,16-,17-/m0/s1. The molecule has 32 heavy (non-hydrogen) atoms. The molecular formula is C22H40BN3O6. The van der Waals surface area contributed by atoms with Gasteiger partial charge in [0.1, 0.15) is 12.1 Å². The van der Waals surface area contributed by atoms with Crippen molar-refractivity contribution in [2.45, 2.75) is 97.5 Å². The van der Waals surface area contributed by atoms with Gasteiger partial charge in [0.05, 0.1) is 24.3 Å². The minimum absolute atomic E-state index is 0.0589. The second kappa shape index (κ2) is 9.99. The van der Waals surface area contributed by atoms with Gasteiger partial charge in [0.15, 0.2) is 0 Å². The summed E-state index contributed by atoms with van der Waals surface area (Å²) < 4.78 is 17.0. The van der Waals surface area contributed by atoms with Crippen LogP contribution in [0.1, 0.15) is 68.2 Å². The van der Waals surface area contributed by atoms with Crippen molar-refractivity contribution in [3.05, 3.63) is 0 Å². The first-order valence-electron chi connectivity index (χ1n) is 11.5. The molecule has 2 heterocycles. The van der Waals surface area contributed by atoms with Gasteiger partial charge < -0.3 is 29.6 Å². The average Bonchev–Trinajstić information content (AvgIpc) is 3.25. The third kappa shape index (κ3) is 5.57. The third-order valence-electron chi connectivity index (χ3n) is 6.82. The van der Waals surface area contributed by atoms with Crippen molar-refractivity contribution < 1.29 is 28.4 Å². The Morgan fingerprint density at radius 3 is 2.03 bits per heavy atom. The highest BCUT2D eigenvalue weighted by Gasteiger charge is 2.55. The number of carbonyl (C=O) groups is 3. The second-order valence-electron chi connectivity index (χ2n) is 10.5. The number of rotatable bonds is 7. The molecule has 2 rings (SSSR count). The minimum Gasteiger partial charge on any atom is -0.453 e. The highest BCUT2D eigenvalue weighted by atomic mass is 16.7. The van der Waals surface area contributed by atoms with Crippen LogP contribution in [-0.4, -0.2) is 72.8 Å². The number of likely N-dealkylation sites (tertiary alicyclic amines) is 1. The summed E-state index contributed by atoms with van der Waals surface area (Å²) in [5.74, 6) is -0.970. The van der Waals surface area contributed by atoms with Crippen LogP contribution in [0.5, 0.6) is 0 Å². The van der Waals surface area contributed by atoms with E-state index in [0.29, 0.717) is 13.0 Å². The monoisotopic (exact) mass is 453 g/mol. The molecular weight excluding hydrogens is 413 g/mol. The van der Waals surface area contributed by atoms with E-state index in [-0.39, 0.29) is 29.6 Å². The van der Waals surface area contributed by atoms with Gasteiger partial charge in [-0.15, -0.1) is 0 Å². The van der Waals surface area contributed by atoms with Gasteiger partial charge in [0.2, 0.25) is 11.8 Å². The summed E-state index contributed by atoms with van der Waals surface area (Å²) >= 11 is 0. The van der Waals surface area contributed by atoms with Crippen LogP contribution < -0.4 is 10.6 Å². The van der Waals surface area contributed by atoms with Gasteiger partial charge in [-0.25, -0.2) is 4.79 Å². The lowest BCUT2D eigenvalue weighted by Gasteiger charge is -2.32. The molecule has 182 valence electrons. The molecule has 0 aromatic rings. The molecule has 2 aliphatic heterocycles. The summed E-state index contributed by atoms with van der Waals surface area (Å²) in [5.41, 5.74) is -1.01. The van der Waals surface area contributed by atoms with Gasteiger partial charge in [-0.2, -0.15) is 0 Å². The van der Waals surface area contributed by atoms with Crippen LogP contribution in [0.3, 0.4) is 0 Å². The zero-order valence-electron chi connectivity index (χ0n) is 21.0. The number of hydrogen-bond acceptors (Lipinski definition) is 6. The number of alkyl carbamates (subject to hydrolysis) is 1. The van der Waals surface area contributed by atoms with Crippen LogP contribution in [0.2, 0.25) is 0 Å². The fourth-order valence-electron chi connectivity index (χ4n) is 4.03. The first-order valence-corrected chi connectivity index (χ1v) is 11.5. The molecule has 0 radical (unpaired) electrons. The van der Waals surface area contributed by atoms with Gasteiger partial charge in [-0.1, -0.05) is 27.7 Å². The van der Waals surface area contributed by atoms with Crippen molar-refractivity contribution in [1.82, 2.24) is 15.5 Å². The number of nitrogens with zero attached hydrogens (tertiary/aromatic N) is 1. The maximum Gasteiger partial charge on any atom is 0.482 e. The molecule has 0 aromatic carbocycles. The number of methoxy groups -OCH3 is 1. The lowest BCUT2D eigenvalue weighted by atomic mass is 9.72. The van der Waals surface area contributed by atoms with Crippen molar-refractivity contribution >= 4 is 25.0 Å². The van der Waals surface area contributed by atoms with E-state index in [4.69, 9.17) is 9.31 Å². The molecule has 2 N–H and O–H groups in total. The molecule has 3 amide bonds. The molecule has 0 saturated carbocycles. The summed E-state index contributed by atoms with van der Waals surface area (Å²) in [6.45, 7) is 16.1. The Balaban J connectivity index is 2.15. The predicted octanol–water partition coefficient (Wildman–Crippen LogP) is 2.13. The summed E-state index contributed by atoms with van der Waals surface area (Å²) in [6, 6.07) is -1.37. The van der Waals surface area contributed by atoms with E-state index >= 15 is 0 Å².